The van der Waals surface area contributed by atoms with Crippen LogP contribution in [0.1, 0.15) is 20.3 Å². The van der Waals surface area contributed by atoms with Crippen molar-refractivity contribution < 1.29 is 9.47 Å². The molecule has 3 aromatic rings. The Morgan fingerprint density at radius 3 is 2.59 bits per heavy atom. The van der Waals surface area contributed by atoms with Crippen LogP contribution in [0.25, 0.3) is 10.9 Å². The third-order valence-corrected chi connectivity index (χ3v) is 4.44. The molecule has 2 unspecified atom stereocenters. The van der Waals surface area contributed by atoms with Gasteiger partial charge in [-0.15, -0.1) is 0 Å². The second-order valence-corrected chi connectivity index (χ2v) is 7.11. The van der Waals surface area contributed by atoms with Gasteiger partial charge in [-0.2, -0.15) is 0 Å². The number of nitrogens with two attached hydrogens (primary N) is 1. The lowest BCUT2D eigenvalue weighted by Crippen LogP contribution is -2.26. The first-order valence-electron chi connectivity index (χ1n) is 8.89. The van der Waals surface area contributed by atoms with E-state index in [-0.39, 0.29) is 12.1 Å². The van der Waals surface area contributed by atoms with Gasteiger partial charge in [0, 0.05) is 34.8 Å². The Bertz CT molecular complexity index is 913. The highest BCUT2D eigenvalue weighted by molar-refractivity contribution is 6.30. The first-order valence-corrected chi connectivity index (χ1v) is 9.27. The molecule has 0 spiro atoms. The molecule has 5 nitrogen and oxygen atoms in total. The molecule has 0 amide bonds. The van der Waals surface area contributed by atoms with E-state index in [0.29, 0.717) is 22.3 Å². The maximum absolute atomic E-state index is 6.12. The van der Waals surface area contributed by atoms with Gasteiger partial charge >= 0.3 is 0 Å². The number of benzene rings is 2. The lowest BCUT2D eigenvalue weighted by atomic mass is 10.1. The number of halogens is 1. The molecule has 0 aliphatic rings. The topological polar surface area (TPSA) is 69.4 Å². The van der Waals surface area contributed by atoms with Gasteiger partial charge in [0.05, 0.1) is 18.3 Å². The number of pyridine rings is 1. The minimum atomic E-state index is 0.112. The van der Waals surface area contributed by atoms with Gasteiger partial charge < -0.3 is 20.5 Å². The molecule has 0 aliphatic heterocycles. The second-order valence-electron chi connectivity index (χ2n) is 6.67. The number of fused-ring (bicyclic) bond motifs is 1. The summed E-state index contributed by atoms with van der Waals surface area (Å²) in [5.41, 5.74) is 7.63. The summed E-state index contributed by atoms with van der Waals surface area (Å²) in [5, 5.41) is 5.01. The molecular weight excluding hydrogens is 362 g/mol. The van der Waals surface area contributed by atoms with E-state index in [1.165, 1.54) is 0 Å². The minimum Gasteiger partial charge on any atom is -0.493 e. The molecule has 2 aromatic carbocycles. The average Bonchev–Trinajstić information content (AvgIpc) is 2.64. The summed E-state index contributed by atoms with van der Waals surface area (Å²) in [4.78, 5) is 4.55. The summed E-state index contributed by atoms with van der Waals surface area (Å²) in [7, 11) is 1.63. The lowest BCUT2D eigenvalue weighted by Gasteiger charge is -2.20. The fourth-order valence-corrected chi connectivity index (χ4v) is 3.20. The highest BCUT2D eigenvalue weighted by Crippen LogP contribution is 2.42. The molecule has 0 bridgehead atoms. The van der Waals surface area contributed by atoms with Crippen LogP contribution in [0.5, 0.6) is 17.2 Å². The number of hydrogen-bond acceptors (Lipinski definition) is 5. The number of ether oxygens (including phenoxy) is 2. The van der Waals surface area contributed by atoms with Gasteiger partial charge in [-0.1, -0.05) is 11.6 Å². The zero-order valence-electron chi connectivity index (χ0n) is 15.7. The Hall–Kier alpha value is -2.50. The normalized spacial score (nSPS) is 13.2. The molecule has 1 aromatic heterocycles. The lowest BCUT2D eigenvalue weighted by molar-refractivity contribution is 0.381. The highest BCUT2D eigenvalue weighted by atomic mass is 35.5. The highest BCUT2D eigenvalue weighted by Gasteiger charge is 2.17. The summed E-state index contributed by atoms with van der Waals surface area (Å²) >= 11 is 5.97. The maximum Gasteiger partial charge on any atom is 0.178 e. The van der Waals surface area contributed by atoms with Crippen LogP contribution in [0.3, 0.4) is 0 Å². The van der Waals surface area contributed by atoms with Crippen molar-refractivity contribution in [1.29, 1.82) is 0 Å². The van der Waals surface area contributed by atoms with Crippen molar-refractivity contribution in [2.75, 3.05) is 12.4 Å². The SMILES string of the molecule is COc1cc(NC(C)CC(C)N)c2ncccc2c1Oc1ccc(Cl)cc1. The van der Waals surface area contributed by atoms with Crippen LogP contribution in [0.4, 0.5) is 5.69 Å². The van der Waals surface area contributed by atoms with Crippen LogP contribution in [0.15, 0.2) is 48.7 Å². The Kier molecular flexibility index (Phi) is 6.04. The summed E-state index contributed by atoms with van der Waals surface area (Å²) in [6.07, 6.45) is 2.61. The van der Waals surface area contributed by atoms with Crippen LogP contribution >= 0.6 is 11.6 Å². The van der Waals surface area contributed by atoms with Crippen LogP contribution in [0.2, 0.25) is 5.02 Å². The van der Waals surface area contributed by atoms with Gasteiger partial charge in [-0.05, 0) is 56.7 Å². The van der Waals surface area contributed by atoms with E-state index in [2.05, 4.69) is 17.2 Å². The summed E-state index contributed by atoms with van der Waals surface area (Å²) in [6.45, 7) is 4.10. The van der Waals surface area contributed by atoms with Gasteiger partial charge in [0.25, 0.3) is 0 Å². The largest absolute Gasteiger partial charge is 0.493 e. The second kappa shape index (κ2) is 8.46. The number of methoxy groups -OCH3 is 1. The fourth-order valence-electron chi connectivity index (χ4n) is 3.07. The van der Waals surface area contributed by atoms with Crippen LogP contribution < -0.4 is 20.5 Å². The predicted molar refractivity (Wildman–Crippen MR) is 111 cm³/mol. The van der Waals surface area contributed by atoms with E-state index in [1.807, 2.05) is 37.3 Å². The molecule has 6 heteroatoms. The Labute approximate surface area is 164 Å². The number of hydrogen-bond donors (Lipinski definition) is 2. The molecule has 3 N–H and O–H groups in total. The van der Waals surface area contributed by atoms with E-state index < -0.39 is 0 Å². The van der Waals surface area contributed by atoms with Crippen molar-refractivity contribution in [2.45, 2.75) is 32.4 Å². The molecule has 3 rings (SSSR count). The number of anilines is 1. The Morgan fingerprint density at radius 2 is 1.93 bits per heavy atom. The zero-order chi connectivity index (χ0) is 19.4. The number of nitrogens with zero attached hydrogens (tertiary/aromatic N) is 1. The van der Waals surface area contributed by atoms with Gasteiger partial charge in [-0.3, -0.25) is 4.98 Å². The average molecular weight is 386 g/mol. The van der Waals surface area contributed by atoms with E-state index in [9.17, 15) is 0 Å². The monoisotopic (exact) mass is 385 g/mol. The first kappa shape index (κ1) is 19.3. The molecule has 0 saturated heterocycles. The molecule has 0 saturated carbocycles. The van der Waals surface area contributed by atoms with Crippen molar-refractivity contribution in [3.05, 3.63) is 53.7 Å². The molecule has 0 fully saturated rings. The number of aromatic nitrogens is 1. The quantitative estimate of drug-likeness (QED) is 0.583. The van der Waals surface area contributed by atoms with Crippen molar-refractivity contribution >= 4 is 28.2 Å². The number of nitrogens with one attached hydrogen (secondary N) is 1. The van der Waals surface area contributed by atoms with Crippen molar-refractivity contribution in [1.82, 2.24) is 4.98 Å². The smallest absolute Gasteiger partial charge is 0.178 e. The van der Waals surface area contributed by atoms with Crippen molar-refractivity contribution in [3.8, 4) is 17.2 Å². The summed E-state index contributed by atoms with van der Waals surface area (Å²) < 4.78 is 11.7. The minimum absolute atomic E-state index is 0.112. The van der Waals surface area contributed by atoms with Gasteiger partial charge in [0.2, 0.25) is 0 Å². The van der Waals surface area contributed by atoms with Gasteiger partial charge in [0.15, 0.2) is 11.5 Å². The zero-order valence-corrected chi connectivity index (χ0v) is 16.5. The van der Waals surface area contributed by atoms with E-state index in [0.717, 1.165) is 23.0 Å². The third-order valence-electron chi connectivity index (χ3n) is 4.19. The molecule has 0 radical (unpaired) electrons. The van der Waals surface area contributed by atoms with Crippen LogP contribution in [0, 0.1) is 0 Å². The Morgan fingerprint density at radius 1 is 1.19 bits per heavy atom. The first-order chi connectivity index (χ1) is 13.0. The Balaban J connectivity index is 2.04. The number of rotatable bonds is 7. The van der Waals surface area contributed by atoms with E-state index in [4.69, 9.17) is 26.8 Å². The molecule has 1 heterocycles. The van der Waals surface area contributed by atoms with E-state index in [1.54, 1.807) is 25.4 Å². The van der Waals surface area contributed by atoms with Crippen molar-refractivity contribution in [3.63, 3.8) is 0 Å². The van der Waals surface area contributed by atoms with Crippen LogP contribution in [-0.4, -0.2) is 24.2 Å². The predicted octanol–water partition coefficient (Wildman–Crippen LogP) is 5.23. The molecule has 0 aliphatic carbocycles. The van der Waals surface area contributed by atoms with Gasteiger partial charge in [0.1, 0.15) is 5.75 Å². The standard InChI is InChI=1S/C21H24ClN3O2/c1-13(23)11-14(2)25-18-12-19(26-3)21(17-5-4-10-24-20(17)18)27-16-8-6-15(22)7-9-16/h4-10,12-14,25H,11,23H2,1-3H3. The maximum atomic E-state index is 6.12. The molecule has 142 valence electrons. The summed E-state index contributed by atoms with van der Waals surface area (Å²) in [5.74, 6) is 1.92. The fraction of sp³-hybridized carbons (Fsp3) is 0.286. The molecule has 2 atom stereocenters. The summed E-state index contributed by atoms with van der Waals surface area (Å²) in [6, 6.07) is 13.3. The van der Waals surface area contributed by atoms with Gasteiger partial charge in [-0.25, -0.2) is 0 Å². The molecule has 27 heavy (non-hydrogen) atoms. The van der Waals surface area contributed by atoms with Crippen LogP contribution in [-0.2, 0) is 0 Å². The van der Waals surface area contributed by atoms with Crippen molar-refractivity contribution in [2.24, 2.45) is 5.73 Å². The molecular formula is C21H24ClN3O2. The van der Waals surface area contributed by atoms with E-state index >= 15 is 0 Å². The third kappa shape index (κ3) is 4.62.